The van der Waals surface area contributed by atoms with Crippen LogP contribution in [0.3, 0.4) is 0 Å². The van der Waals surface area contributed by atoms with Gasteiger partial charge in [0.2, 0.25) is 11.8 Å². The number of hydrogen-bond acceptors (Lipinski definition) is 4. The van der Waals surface area contributed by atoms with E-state index >= 15 is 0 Å². The summed E-state index contributed by atoms with van der Waals surface area (Å²) in [5, 5.41) is 23.4. The minimum atomic E-state index is -1.28. The number of hydrogen-bond donors (Lipinski definition) is 4. The lowest BCUT2D eigenvalue weighted by molar-refractivity contribution is -0.136. The van der Waals surface area contributed by atoms with Crippen molar-refractivity contribution in [2.45, 2.75) is 39.5 Å². The first-order chi connectivity index (χ1) is 10.3. The fraction of sp³-hybridized carbons (Fsp3) is 0.571. The first-order valence-electron chi connectivity index (χ1n) is 6.93. The van der Waals surface area contributed by atoms with Crippen molar-refractivity contribution in [3.63, 3.8) is 0 Å². The largest absolute Gasteiger partial charge is 0.478 e. The topological polar surface area (TPSA) is 133 Å². The average molecular weight is 314 g/mol. The van der Waals surface area contributed by atoms with Crippen LogP contribution in [0.25, 0.3) is 0 Å². The standard InChI is InChI=1S/C14H22N2O6/c1-9(17)15-7-3-5-11(13(19)20)12(14(21)22)6-4-8-16-10(2)18/h3-8H2,1-2H3,(H,15,17)(H,16,18)(H,19,20)(H,21,22)/b12-11+. The van der Waals surface area contributed by atoms with Crippen molar-refractivity contribution in [3.05, 3.63) is 11.1 Å². The number of amides is 2. The van der Waals surface area contributed by atoms with Crippen molar-refractivity contribution in [2.24, 2.45) is 0 Å². The molecule has 0 atom stereocenters. The average Bonchev–Trinajstić information content (AvgIpc) is 2.38. The molecule has 0 saturated carbocycles. The maximum atomic E-state index is 11.2. The summed E-state index contributed by atoms with van der Waals surface area (Å²) in [6, 6.07) is 0. The number of nitrogens with one attached hydrogen (secondary N) is 2. The van der Waals surface area contributed by atoms with E-state index in [1.807, 2.05) is 0 Å². The van der Waals surface area contributed by atoms with E-state index in [2.05, 4.69) is 10.6 Å². The molecule has 0 saturated heterocycles. The summed E-state index contributed by atoms with van der Waals surface area (Å²) < 4.78 is 0. The number of rotatable bonds is 10. The molecule has 0 heterocycles. The predicted molar refractivity (Wildman–Crippen MR) is 78.1 cm³/mol. The summed E-state index contributed by atoms with van der Waals surface area (Å²) in [5.74, 6) is -3.01. The van der Waals surface area contributed by atoms with E-state index < -0.39 is 11.9 Å². The van der Waals surface area contributed by atoms with Gasteiger partial charge in [0.05, 0.1) is 0 Å². The van der Waals surface area contributed by atoms with Gasteiger partial charge in [-0.3, -0.25) is 9.59 Å². The highest BCUT2D eigenvalue weighted by Crippen LogP contribution is 2.17. The SMILES string of the molecule is CC(=O)NCCC/C(C(=O)O)=C(/CCCNC(C)=O)C(=O)O. The molecule has 0 fully saturated rings. The van der Waals surface area contributed by atoms with Crippen LogP contribution >= 0.6 is 0 Å². The molecule has 0 rings (SSSR count). The Bertz CT molecular complexity index is 428. The van der Waals surface area contributed by atoms with E-state index in [1.165, 1.54) is 13.8 Å². The monoisotopic (exact) mass is 314 g/mol. The normalized spacial score (nSPS) is 11.4. The molecule has 22 heavy (non-hydrogen) atoms. The van der Waals surface area contributed by atoms with E-state index in [0.29, 0.717) is 12.8 Å². The van der Waals surface area contributed by atoms with Crippen molar-refractivity contribution in [1.29, 1.82) is 0 Å². The molecular weight excluding hydrogens is 292 g/mol. The van der Waals surface area contributed by atoms with Gasteiger partial charge in [0.25, 0.3) is 0 Å². The van der Waals surface area contributed by atoms with Gasteiger partial charge in [-0.15, -0.1) is 0 Å². The molecule has 0 aliphatic heterocycles. The van der Waals surface area contributed by atoms with Crippen LogP contribution in [0.15, 0.2) is 11.1 Å². The Morgan fingerprint density at radius 2 is 1.05 bits per heavy atom. The van der Waals surface area contributed by atoms with E-state index in [-0.39, 0.29) is 48.9 Å². The van der Waals surface area contributed by atoms with Crippen molar-refractivity contribution in [3.8, 4) is 0 Å². The molecular formula is C14H22N2O6. The Kier molecular flexibility index (Phi) is 9.24. The number of carbonyl (C=O) groups is 4. The van der Waals surface area contributed by atoms with E-state index in [0.717, 1.165) is 0 Å². The van der Waals surface area contributed by atoms with Gasteiger partial charge in [-0.2, -0.15) is 0 Å². The molecule has 0 aromatic rings. The molecule has 8 nitrogen and oxygen atoms in total. The summed E-state index contributed by atoms with van der Waals surface area (Å²) in [4.78, 5) is 43.9. The molecule has 0 aliphatic carbocycles. The number of carboxylic acids is 2. The van der Waals surface area contributed by atoms with Gasteiger partial charge in [0.15, 0.2) is 0 Å². The van der Waals surface area contributed by atoms with Gasteiger partial charge < -0.3 is 20.8 Å². The molecule has 0 aliphatic rings. The minimum Gasteiger partial charge on any atom is -0.478 e. The number of carbonyl (C=O) groups excluding carboxylic acids is 2. The molecule has 4 N–H and O–H groups in total. The Morgan fingerprint density at radius 1 is 0.727 bits per heavy atom. The van der Waals surface area contributed by atoms with Crippen molar-refractivity contribution in [1.82, 2.24) is 10.6 Å². The Balaban J connectivity index is 4.75. The van der Waals surface area contributed by atoms with Crippen LogP contribution in [0.2, 0.25) is 0 Å². The van der Waals surface area contributed by atoms with Crippen LogP contribution in [-0.2, 0) is 19.2 Å². The highest BCUT2D eigenvalue weighted by atomic mass is 16.4. The van der Waals surface area contributed by atoms with Crippen LogP contribution in [-0.4, -0.2) is 47.1 Å². The number of carboxylic acid groups (broad SMARTS) is 2. The fourth-order valence-corrected chi connectivity index (χ4v) is 1.83. The molecule has 8 heteroatoms. The quantitative estimate of drug-likeness (QED) is 0.338. The molecule has 0 aromatic heterocycles. The van der Waals surface area contributed by atoms with Gasteiger partial charge in [0.1, 0.15) is 0 Å². The van der Waals surface area contributed by atoms with Crippen LogP contribution < -0.4 is 10.6 Å². The second kappa shape index (κ2) is 10.4. The molecule has 124 valence electrons. The zero-order valence-corrected chi connectivity index (χ0v) is 12.8. The molecule has 2 amide bonds. The van der Waals surface area contributed by atoms with Gasteiger partial charge in [-0.1, -0.05) is 0 Å². The third-order valence-electron chi connectivity index (χ3n) is 2.84. The van der Waals surface area contributed by atoms with Crippen molar-refractivity contribution >= 4 is 23.8 Å². The highest BCUT2D eigenvalue weighted by Gasteiger charge is 2.19. The zero-order valence-electron chi connectivity index (χ0n) is 12.8. The lowest BCUT2D eigenvalue weighted by atomic mass is 9.99. The van der Waals surface area contributed by atoms with Crippen LogP contribution in [0, 0.1) is 0 Å². The van der Waals surface area contributed by atoms with E-state index in [9.17, 15) is 19.2 Å². The second-order valence-electron chi connectivity index (χ2n) is 4.74. The van der Waals surface area contributed by atoms with Crippen molar-refractivity contribution in [2.75, 3.05) is 13.1 Å². The maximum absolute atomic E-state index is 11.2. The molecule has 0 aromatic carbocycles. The Hall–Kier alpha value is -2.38. The summed E-state index contributed by atoms with van der Waals surface area (Å²) in [7, 11) is 0. The van der Waals surface area contributed by atoms with E-state index in [4.69, 9.17) is 10.2 Å². The Labute approximate surface area is 128 Å². The molecule has 0 spiro atoms. The van der Waals surface area contributed by atoms with Gasteiger partial charge in [-0.25, -0.2) is 9.59 Å². The van der Waals surface area contributed by atoms with Gasteiger partial charge >= 0.3 is 11.9 Å². The summed E-state index contributed by atoms with van der Waals surface area (Å²) >= 11 is 0. The highest BCUT2D eigenvalue weighted by molar-refractivity contribution is 5.98. The fourth-order valence-electron chi connectivity index (χ4n) is 1.83. The third kappa shape index (κ3) is 8.72. The predicted octanol–water partition coefficient (Wildman–Crippen LogP) is 0.285. The van der Waals surface area contributed by atoms with E-state index in [1.54, 1.807) is 0 Å². The maximum Gasteiger partial charge on any atom is 0.332 e. The summed E-state index contributed by atoms with van der Waals surface area (Å²) in [6.07, 6.45) is 0.780. The van der Waals surface area contributed by atoms with Crippen LogP contribution in [0.4, 0.5) is 0 Å². The van der Waals surface area contributed by atoms with Gasteiger partial charge in [-0.05, 0) is 25.7 Å². The zero-order chi connectivity index (χ0) is 17.1. The second-order valence-corrected chi connectivity index (χ2v) is 4.74. The lowest BCUT2D eigenvalue weighted by Gasteiger charge is -2.10. The first-order valence-corrected chi connectivity index (χ1v) is 6.93. The molecule has 0 bridgehead atoms. The Morgan fingerprint density at radius 3 is 1.27 bits per heavy atom. The minimum absolute atomic E-state index is 0.0530. The first kappa shape index (κ1) is 19.6. The summed E-state index contributed by atoms with van der Waals surface area (Å²) in [5.41, 5.74) is -0.332. The number of aliphatic carboxylic acids is 2. The summed E-state index contributed by atoms with van der Waals surface area (Å²) in [6.45, 7) is 3.26. The molecule has 0 unspecified atom stereocenters. The molecule has 0 radical (unpaired) electrons. The van der Waals surface area contributed by atoms with Crippen molar-refractivity contribution < 1.29 is 29.4 Å². The lowest BCUT2D eigenvalue weighted by Crippen LogP contribution is -2.22. The van der Waals surface area contributed by atoms with Gasteiger partial charge in [0, 0.05) is 38.1 Å². The van der Waals surface area contributed by atoms with Crippen LogP contribution in [0.1, 0.15) is 39.5 Å². The third-order valence-corrected chi connectivity index (χ3v) is 2.84. The smallest absolute Gasteiger partial charge is 0.332 e. The van der Waals surface area contributed by atoms with Crippen LogP contribution in [0.5, 0.6) is 0 Å².